The van der Waals surface area contributed by atoms with Gasteiger partial charge in [-0.2, -0.15) is 5.26 Å². The summed E-state index contributed by atoms with van der Waals surface area (Å²) in [6.07, 6.45) is 0.436. The van der Waals surface area contributed by atoms with Crippen LogP contribution >= 0.6 is 0 Å². The van der Waals surface area contributed by atoms with Gasteiger partial charge in [0.25, 0.3) is 0 Å². The van der Waals surface area contributed by atoms with Gasteiger partial charge in [-0.05, 0) is 67.7 Å². The summed E-state index contributed by atoms with van der Waals surface area (Å²) in [7, 11) is 4.59. The molecule has 12 nitrogen and oxygen atoms in total. The molecule has 6 unspecified atom stereocenters. The van der Waals surface area contributed by atoms with E-state index in [0.717, 1.165) is 5.56 Å². The number of carbonyl (C=O) groups excluding carboxylic acids is 5. The van der Waals surface area contributed by atoms with Crippen LogP contribution in [0.3, 0.4) is 0 Å². The van der Waals surface area contributed by atoms with Gasteiger partial charge in [0.1, 0.15) is 11.5 Å². The molecule has 2 aromatic carbocycles. The van der Waals surface area contributed by atoms with E-state index in [4.69, 9.17) is 15.7 Å². The number of hydrogen-bond donors (Lipinski definition) is 4. The van der Waals surface area contributed by atoms with Crippen molar-refractivity contribution in [3.8, 4) is 28.7 Å². The van der Waals surface area contributed by atoms with Crippen molar-refractivity contribution in [2.45, 2.75) is 37.5 Å². The maximum atomic E-state index is 14.1. The zero-order valence-electron chi connectivity index (χ0n) is 24.6. The van der Waals surface area contributed by atoms with E-state index in [0.29, 0.717) is 42.0 Å². The van der Waals surface area contributed by atoms with Gasteiger partial charge in [-0.15, -0.1) is 0 Å². The molecule has 0 saturated heterocycles. The maximum absolute atomic E-state index is 14.1. The second-order valence-electron chi connectivity index (χ2n) is 11.9. The number of hydrogen-bond acceptors (Lipinski definition) is 11. The fourth-order valence-electron chi connectivity index (χ4n) is 7.31. The molecule has 0 spiro atoms. The molecule has 0 radical (unpaired) electrons. The smallest absolute Gasteiger partial charge is 0.235 e. The number of benzene rings is 2. The number of aromatic hydroxyl groups is 1. The molecule has 1 amide bonds. The van der Waals surface area contributed by atoms with Gasteiger partial charge < -0.3 is 26.0 Å². The number of methoxy groups -OCH3 is 1. The van der Waals surface area contributed by atoms with Gasteiger partial charge in [-0.25, -0.2) is 0 Å². The van der Waals surface area contributed by atoms with Crippen LogP contribution in [0.5, 0.6) is 11.5 Å². The number of primary amides is 1. The molecular formula is C32H34N4O8. The highest BCUT2D eigenvalue weighted by molar-refractivity contribution is 6.32. The molecule has 2 saturated carbocycles. The number of rotatable bonds is 8. The van der Waals surface area contributed by atoms with Crippen LogP contribution in [0.2, 0.25) is 0 Å². The zero-order valence-corrected chi connectivity index (χ0v) is 24.6. The van der Waals surface area contributed by atoms with Gasteiger partial charge >= 0.3 is 0 Å². The molecule has 0 bridgehead atoms. The van der Waals surface area contributed by atoms with E-state index in [1.54, 1.807) is 26.2 Å². The molecule has 2 aromatic rings. The highest BCUT2D eigenvalue weighted by atomic mass is 16.5. The van der Waals surface area contributed by atoms with E-state index < -0.39 is 64.4 Å². The van der Waals surface area contributed by atoms with Crippen LogP contribution in [0.15, 0.2) is 30.3 Å². The molecule has 230 valence electrons. The zero-order chi connectivity index (χ0) is 32.1. The van der Waals surface area contributed by atoms with Crippen molar-refractivity contribution in [3.05, 3.63) is 47.0 Å². The fraction of sp³-hybridized carbons (Fsp3) is 0.438. The number of fused-ring (bicyclic) bond motifs is 3. The van der Waals surface area contributed by atoms with Gasteiger partial charge in [0.2, 0.25) is 5.91 Å². The van der Waals surface area contributed by atoms with E-state index in [2.05, 4.69) is 11.4 Å². The lowest BCUT2D eigenvalue weighted by Crippen LogP contribution is -2.74. The first-order valence-corrected chi connectivity index (χ1v) is 14.3. The number of ether oxygens (including phenoxy) is 1. The fourth-order valence-corrected chi connectivity index (χ4v) is 7.31. The number of carbonyl (C=O) groups is 5. The van der Waals surface area contributed by atoms with E-state index in [1.165, 1.54) is 18.1 Å². The molecule has 44 heavy (non-hydrogen) atoms. The van der Waals surface area contributed by atoms with E-state index in [1.807, 2.05) is 12.1 Å². The minimum atomic E-state index is -2.78. The van der Waals surface area contributed by atoms with Crippen LogP contribution in [0, 0.1) is 35.0 Å². The third-order valence-corrected chi connectivity index (χ3v) is 9.24. The first kappa shape index (κ1) is 31.0. The summed E-state index contributed by atoms with van der Waals surface area (Å²) in [6.45, 7) is 0.975. The van der Waals surface area contributed by atoms with Gasteiger partial charge in [-0.3, -0.25) is 28.9 Å². The number of phenols is 1. The third-order valence-electron chi connectivity index (χ3n) is 9.24. The Morgan fingerprint density at radius 2 is 1.89 bits per heavy atom. The average Bonchev–Trinajstić information content (AvgIpc) is 2.97. The second-order valence-corrected chi connectivity index (χ2v) is 11.9. The Hall–Kier alpha value is -4.44. The van der Waals surface area contributed by atoms with Crippen molar-refractivity contribution >= 4 is 29.0 Å². The number of nitrogens with zero attached hydrogens (tertiary/aromatic N) is 2. The molecule has 3 aliphatic rings. The molecule has 12 heteroatoms. The number of Topliss-reactive ketones (excluding diaryl/α,β-unsaturated/α-hetero) is 4. The minimum absolute atomic E-state index is 0.0427. The minimum Gasteiger partial charge on any atom is -0.507 e. The summed E-state index contributed by atoms with van der Waals surface area (Å²) in [6, 6.07) is 9.46. The van der Waals surface area contributed by atoms with E-state index >= 15 is 0 Å². The Morgan fingerprint density at radius 3 is 2.52 bits per heavy atom. The largest absolute Gasteiger partial charge is 0.507 e. The van der Waals surface area contributed by atoms with Crippen molar-refractivity contribution in [1.29, 1.82) is 5.26 Å². The van der Waals surface area contributed by atoms with Crippen molar-refractivity contribution in [1.82, 2.24) is 10.2 Å². The molecule has 0 heterocycles. The Kier molecular flexibility index (Phi) is 8.15. The van der Waals surface area contributed by atoms with Crippen molar-refractivity contribution < 1.29 is 38.9 Å². The summed E-state index contributed by atoms with van der Waals surface area (Å²) in [5.74, 6) is -10.5. The summed E-state index contributed by atoms with van der Waals surface area (Å²) < 4.78 is 5.63. The van der Waals surface area contributed by atoms with E-state index in [9.17, 15) is 34.2 Å². The average molecular weight is 603 g/mol. The van der Waals surface area contributed by atoms with Crippen molar-refractivity contribution in [2.24, 2.45) is 29.4 Å². The first-order chi connectivity index (χ1) is 20.9. The Morgan fingerprint density at radius 1 is 1.16 bits per heavy atom. The maximum Gasteiger partial charge on any atom is 0.235 e. The highest BCUT2D eigenvalue weighted by Crippen LogP contribution is 2.52. The van der Waals surface area contributed by atoms with Crippen LogP contribution in [0.1, 0.15) is 34.3 Å². The predicted octanol–water partition coefficient (Wildman–Crippen LogP) is 0.546. The van der Waals surface area contributed by atoms with Crippen molar-refractivity contribution in [2.75, 3.05) is 27.7 Å². The molecule has 6 atom stereocenters. The van der Waals surface area contributed by atoms with Crippen LogP contribution in [-0.2, 0) is 32.1 Å². The number of aliphatic hydroxyl groups is 1. The molecule has 5 rings (SSSR count). The topological polar surface area (TPSA) is 200 Å². The number of nitriles is 1. The Labute approximate surface area is 253 Å². The third kappa shape index (κ3) is 4.68. The molecule has 0 aromatic heterocycles. The van der Waals surface area contributed by atoms with Gasteiger partial charge in [0.15, 0.2) is 34.7 Å². The standard InChI is InChI=1S/C32H34N4O8/c1-36(2)26-20-13-16-12-19-17(18-11-15(5-8-22(18)44-3)14-35-10-4-9-33)6-7-21(37)24(19)27(38)23(16)29(40)32(20,43)30(41)25(28(26)39)31(34)42/h5-8,11,16,20,23,25-26,35,37,43H,4,10,12-14H2,1-3H3,(H2,34,42). The van der Waals surface area contributed by atoms with E-state index in [-0.39, 0.29) is 24.2 Å². The summed E-state index contributed by atoms with van der Waals surface area (Å²) in [5, 5.41) is 34.7. The van der Waals surface area contributed by atoms with Gasteiger partial charge in [0.05, 0.1) is 30.7 Å². The van der Waals surface area contributed by atoms with Crippen LogP contribution in [0.4, 0.5) is 0 Å². The first-order valence-electron chi connectivity index (χ1n) is 14.3. The molecule has 2 fully saturated rings. The number of likely N-dealkylation sites (N-methyl/N-ethyl adjacent to an activating group) is 1. The number of nitrogens with two attached hydrogens (primary N) is 1. The van der Waals surface area contributed by atoms with Crippen LogP contribution in [-0.4, -0.2) is 83.5 Å². The molecule has 3 aliphatic carbocycles. The lowest BCUT2D eigenvalue weighted by Gasteiger charge is -2.52. The monoisotopic (exact) mass is 602 g/mol. The van der Waals surface area contributed by atoms with Gasteiger partial charge in [-0.1, -0.05) is 12.1 Å². The molecule has 0 aliphatic heterocycles. The number of phenolic OH excluding ortho intramolecular Hbond substituents is 1. The predicted molar refractivity (Wildman–Crippen MR) is 155 cm³/mol. The lowest BCUT2D eigenvalue weighted by molar-refractivity contribution is -0.181. The SMILES string of the molecule is COc1ccc(CNCCC#N)cc1-c1ccc(O)c2c1CC1CC3C(N(C)C)C(=O)C(C(N)=O)C(=O)C3(O)C(=O)C1C2=O. The number of amides is 1. The number of ketones is 4. The number of nitrogens with one attached hydrogen (secondary N) is 1. The van der Waals surface area contributed by atoms with Crippen LogP contribution < -0.4 is 15.8 Å². The Balaban J connectivity index is 1.61. The summed E-state index contributed by atoms with van der Waals surface area (Å²) in [4.78, 5) is 68.5. The van der Waals surface area contributed by atoms with Gasteiger partial charge in [0, 0.05) is 31.0 Å². The molecule has 5 N–H and O–H groups in total. The second kappa shape index (κ2) is 11.6. The van der Waals surface area contributed by atoms with Crippen LogP contribution in [0.25, 0.3) is 11.1 Å². The summed E-state index contributed by atoms with van der Waals surface area (Å²) in [5.41, 5.74) is 5.12. The lowest BCUT2D eigenvalue weighted by atomic mass is 9.52. The highest BCUT2D eigenvalue weighted by Gasteiger charge is 2.69. The Bertz CT molecular complexity index is 1630. The normalized spacial score (nSPS) is 27.8. The summed E-state index contributed by atoms with van der Waals surface area (Å²) >= 11 is 0. The molecular weight excluding hydrogens is 568 g/mol. The van der Waals surface area contributed by atoms with Crippen molar-refractivity contribution in [3.63, 3.8) is 0 Å². The quantitative estimate of drug-likeness (QED) is 0.243.